The van der Waals surface area contributed by atoms with Crippen LogP contribution in [0, 0.1) is 0 Å². The van der Waals surface area contributed by atoms with Crippen molar-refractivity contribution in [1.82, 2.24) is 10.1 Å². The highest BCUT2D eigenvalue weighted by molar-refractivity contribution is 5.94. The maximum absolute atomic E-state index is 12.7. The molecule has 1 amide bonds. The third-order valence-corrected chi connectivity index (χ3v) is 4.52. The first-order valence-corrected chi connectivity index (χ1v) is 8.57. The average Bonchev–Trinajstić information content (AvgIpc) is 3.15. The number of hydrogen-bond donors (Lipinski definition) is 0. The number of ether oxygens (including phenoxy) is 1. The second-order valence-electron chi connectivity index (χ2n) is 6.20. The number of rotatable bonds is 5. The van der Waals surface area contributed by atoms with Crippen LogP contribution in [0.25, 0.3) is 0 Å². The van der Waals surface area contributed by atoms with E-state index in [1.165, 1.54) is 17.6 Å². The van der Waals surface area contributed by atoms with Gasteiger partial charge in [-0.2, -0.15) is 0 Å². The molecule has 2 aromatic rings. The minimum atomic E-state index is -0.538. The topological polar surface area (TPSA) is 72.6 Å². The summed E-state index contributed by atoms with van der Waals surface area (Å²) >= 11 is 0. The molecule has 0 saturated carbocycles. The third kappa shape index (κ3) is 4.07. The minimum Gasteiger partial charge on any atom is -0.467 e. The van der Waals surface area contributed by atoms with Gasteiger partial charge in [-0.3, -0.25) is 4.79 Å². The summed E-state index contributed by atoms with van der Waals surface area (Å²) in [5.41, 5.74) is 1.94. The first kappa shape index (κ1) is 17.2. The van der Waals surface area contributed by atoms with Gasteiger partial charge in [0.2, 0.25) is 5.76 Å². The lowest BCUT2D eigenvalue weighted by Crippen LogP contribution is -2.48. The van der Waals surface area contributed by atoms with Crippen molar-refractivity contribution in [2.75, 3.05) is 13.7 Å². The van der Waals surface area contributed by atoms with Gasteiger partial charge in [-0.15, -0.1) is 0 Å². The van der Waals surface area contributed by atoms with Gasteiger partial charge in [0.25, 0.3) is 5.91 Å². The summed E-state index contributed by atoms with van der Waals surface area (Å²) in [5, 5.41) is 4.00. The van der Waals surface area contributed by atoms with Crippen molar-refractivity contribution >= 4 is 11.9 Å². The number of hydrogen-bond acceptors (Lipinski definition) is 5. The summed E-state index contributed by atoms with van der Waals surface area (Å²) in [6.45, 7) is 0.526. The van der Waals surface area contributed by atoms with E-state index in [0.717, 1.165) is 25.0 Å². The lowest BCUT2D eigenvalue weighted by molar-refractivity contribution is -0.147. The van der Waals surface area contributed by atoms with Crippen LogP contribution in [0.1, 0.15) is 41.1 Å². The number of carbonyl (C=O) groups excluding carboxylic acids is 2. The van der Waals surface area contributed by atoms with Crippen molar-refractivity contribution in [2.24, 2.45) is 0 Å². The molecule has 1 fully saturated rings. The minimum absolute atomic E-state index is 0.180. The van der Waals surface area contributed by atoms with E-state index in [9.17, 15) is 9.59 Å². The largest absolute Gasteiger partial charge is 0.467 e. The number of benzene rings is 1. The number of esters is 1. The van der Waals surface area contributed by atoms with Crippen LogP contribution < -0.4 is 0 Å². The molecule has 1 aliphatic heterocycles. The molecule has 0 aliphatic carbocycles. The molecule has 1 aliphatic rings. The molecule has 1 saturated heterocycles. The molecule has 3 rings (SSSR count). The summed E-state index contributed by atoms with van der Waals surface area (Å²) in [5.74, 6) is -0.496. The van der Waals surface area contributed by atoms with E-state index in [0.29, 0.717) is 19.4 Å². The molecule has 2 heterocycles. The fourth-order valence-electron chi connectivity index (χ4n) is 3.14. The van der Waals surface area contributed by atoms with E-state index in [4.69, 9.17) is 9.26 Å². The summed E-state index contributed by atoms with van der Waals surface area (Å²) in [6, 6.07) is 11.2. The second-order valence-corrected chi connectivity index (χ2v) is 6.20. The smallest absolute Gasteiger partial charge is 0.328 e. The fraction of sp³-hybridized carbons (Fsp3) is 0.421. The Morgan fingerprint density at radius 3 is 2.80 bits per heavy atom. The van der Waals surface area contributed by atoms with Gasteiger partial charge in [-0.25, -0.2) is 4.79 Å². The second kappa shape index (κ2) is 7.96. The van der Waals surface area contributed by atoms with Crippen LogP contribution in [0.5, 0.6) is 0 Å². The van der Waals surface area contributed by atoms with E-state index < -0.39 is 6.04 Å². The van der Waals surface area contributed by atoms with Crippen molar-refractivity contribution in [3.8, 4) is 0 Å². The molecule has 6 nitrogen and oxygen atoms in total. The summed E-state index contributed by atoms with van der Waals surface area (Å²) in [4.78, 5) is 26.2. The molecule has 0 N–H and O–H groups in total. The molecule has 132 valence electrons. The summed E-state index contributed by atoms with van der Waals surface area (Å²) < 4.78 is 10.1. The molecule has 1 aromatic heterocycles. The van der Waals surface area contributed by atoms with Gasteiger partial charge in [0.1, 0.15) is 6.04 Å². The maximum atomic E-state index is 12.7. The summed E-state index contributed by atoms with van der Waals surface area (Å²) in [7, 11) is 1.34. The lowest BCUT2D eigenvalue weighted by Gasteiger charge is -2.32. The number of methoxy groups -OCH3 is 1. The molecule has 6 heteroatoms. The Bertz CT molecular complexity index is 726. The van der Waals surface area contributed by atoms with Gasteiger partial charge in [-0.05, 0) is 37.7 Å². The molecule has 1 atom stereocenters. The molecule has 0 radical (unpaired) electrons. The Morgan fingerprint density at radius 2 is 2.04 bits per heavy atom. The van der Waals surface area contributed by atoms with E-state index >= 15 is 0 Å². The Morgan fingerprint density at radius 1 is 1.24 bits per heavy atom. The predicted octanol–water partition coefficient (Wildman–Crippen LogP) is 2.63. The van der Waals surface area contributed by atoms with Crippen LogP contribution in [-0.2, 0) is 22.4 Å². The summed E-state index contributed by atoms with van der Waals surface area (Å²) in [6.07, 6.45) is 3.92. The van der Waals surface area contributed by atoms with E-state index in [1.54, 1.807) is 6.07 Å². The lowest BCUT2D eigenvalue weighted by atomic mass is 10.0. The highest BCUT2D eigenvalue weighted by atomic mass is 16.5. The van der Waals surface area contributed by atoms with E-state index in [2.05, 4.69) is 17.3 Å². The van der Waals surface area contributed by atoms with Gasteiger partial charge in [0.05, 0.1) is 12.8 Å². The monoisotopic (exact) mass is 342 g/mol. The molecule has 0 unspecified atom stereocenters. The van der Waals surface area contributed by atoms with Crippen molar-refractivity contribution in [3.05, 3.63) is 53.4 Å². The van der Waals surface area contributed by atoms with E-state index in [-0.39, 0.29) is 17.6 Å². The maximum Gasteiger partial charge on any atom is 0.328 e. The third-order valence-electron chi connectivity index (χ3n) is 4.52. The number of amides is 1. The number of nitrogens with zero attached hydrogens (tertiary/aromatic N) is 2. The predicted molar refractivity (Wildman–Crippen MR) is 91.0 cm³/mol. The molecular formula is C19H22N2O4. The quantitative estimate of drug-likeness (QED) is 0.781. The highest BCUT2D eigenvalue weighted by Gasteiger charge is 2.34. The number of piperidine rings is 1. The zero-order valence-electron chi connectivity index (χ0n) is 14.3. The highest BCUT2D eigenvalue weighted by Crippen LogP contribution is 2.21. The van der Waals surface area contributed by atoms with Crippen molar-refractivity contribution in [1.29, 1.82) is 0 Å². The van der Waals surface area contributed by atoms with Crippen molar-refractivity contribution in [3.63, 3.8) is 0 Å². The van der Waals surface area contributed by atoms with Gasteiger partial charge in [-0.1, -0.05) is 35.5 Å². The first-order chi connectivity index (χ1) is 12.2. The van der Waals surface area contributed by atoms with Crippen LogP contribution in [0.15, 0.2) is 40.9 Å². The molecule has 0 spiro atoms. The SMILES string of the molecule is COC(=O)[C@@H]1CCCCN1C(=O)c1cc(CCc2ccccc2)no1. The standard InChI is InChI=1S/C19H22N2O4/c1-24-19(23)16-9-5-6-12-21(16)18(22)17-13-15(20-25-17)11-10-14-7-3-2-4-8-14/h2-4,7-8,13,16H,5-6,9-12H2,1H3/t16-/m0/s1. The van der Waals surface area contributed by atoms with Gasteiger partial charge in [0.15, 0.2) is 0 Å². The normalized spacial score (nSPS) is 17.3. The van der Waals surface area contributed by atoms with Gasteiger partial charge >= 0.3 is 5.97 Å². The number of aromatic nitrogens is 1. The number of carbonyl (C=O) groups is 2. The van der Waals surface area contributed by atoms with E-state index in [1.807, 2.05) is 18.2 Å². The van der Waals surface area contributed by atoms with Crippen LogP contribution in [0.4, 0.5) is 0 Å². The van der Waals surface area contributed by atoms with Gasteiger partial charge < -0.3 is 14.2 Å². The van der Waals surface area contributed by atoms with Crippen molar-refractivity contribution in [2.45, 2.75) is 38.1 Å². The van der Waals surface area contributed by atoms with Crippen molar-refractivity contribution < 1.29 is 18.8 Å². The zero-order valence-corrected chi connectivity index (χ0v) is 14.3. The van der Waals surface area contributed by atoms with Crippen LogP contribution in [0.2, 0.25) is 0 Å². The zero-order chi connectivity index (χ0) is 17.6. The Labute approximate surface area is 146 Å². The average molecular weight is 342 g/mol. The number of likely N-dealkylation sites (tertiary alicyclic amines) is 1. The number of aryl methyl sites for hydroxylation is 2. The molecular weight excluding hydrogens is 320 g/mol. The Balaban J connectivity index is 1.66. The van der Waals surface area contributed by atoms with Crippen LogP contribution in [-0.4, -0.2) is 41.6 Å². The Hall–Kier alpha value is -2.63. The van der Waals surface area contributed by atoms with Crippen LogP contribution >= 0.6 is 0 Å². The molecule has 25 heavy (non-hydrogen) atoms. The van der Waals surface area contributed by atoms with Crippen LogP contribution in [0.3, 0.4) is 0 Å². The first-order valence-electron chi connectivity index (χ1n) is 8.57. The van der Waals surface area contributed by atoms with Gasteiger partial charge in [0, 0.05) is 12.6 Å². The molecule has 1 aromatic carbocycles. The fourth-order valence-corrected chi connectivity index (χ4v) is 3.14. The Kier molecular flexibility index (Phi) is 5.48. The molecule has 0 bridgehead atoms.